The Bertz CT molecular complexity index is 3660. The van der Waals surface area contributed by atoms with Gasteiger partial charge in [-0.05, 0) is 111 Å². The standard InChI is InChI=1S/C81H110Cl2F2N2S7/c1-11-18-23-26-29-30-33-36-41-57(40-35-32-28-25-20-13-3)44-59-48-67(74-76(85)75(84)73(77-78(74)87-94-86-77)66-47-58(54(10)89-66)42-52(8)37-34-31-27-24-19-12-2)92-79(59)70-49-61-72(69-51-63(83)65(91-69)46-56(17-7)39-22-15-5)80-60(43-53(9)88-80)71(81(61)93-70)68-50-62(82)64(90-68)45-55(16-6)38-21-14-4/h43,47-52,55-57H,11-42,44-46H2,1-10H3. The first kappa shape index (κ1) is 75.6. The Balaban J connectivity index is 1.20. The summed E-state index contributed by atoms with van der Waals surface area (Å²) in [7, 11) is 0. The summed E-state index contributed by atoms with van der Waals surface area (Å²) in [4.78, 5) is 11.2. The van der Waals surface area contributed by atoms with Gasteiger partial charge in [0.05, 0.1) is 32.9 Å². The minimum absolute atomic E-state index is 0.243. The Labute approximate surface area is 604 Å². The molecule has 2 nitrogen and oxygen atoms in total. The number of hydrogen-bond donors (Lipinski definition) is 0. The maximum Gasteiger partial charge on any atom is 0.170 e. The van der Waals surface area contributed by atoms with Gasteiger partial charge in [-0.1, -0.05) is 278 Å². The predicted octanol–water partition coefficient (Wildman–Crippen LogP) is 31.8. The number of aryl methyl sites for hydroxylation is 2. The molecule has 0 amide bonds. The second-order valence-corrected chi connectivity index (χ2v) is 36.2. The number of aromatic nitrogens is 2. The first-order valence-corrected chi connectivity index (χ1v) is 43.5. The van der Waals surface area contributed by atoms with E-state index >= 15 is 8.78 Å². The van der Waals surface area contributed by atoms with Gasteiger partial charge in [0, 0.05) is 80.1 Å². The number of benzene rings is 2. The maximum atomic E-state index is 18.0. The van der Waals surface area contributed by atoms with E-state index < -0.39 is 11.6 Å². The van der Waals surface area contributed by atoms with Gasteiger partial charge in [0.15, 0.2) is 11.6 Å². The van der Waals surface area contributed by atoms with Crippen molar-refractivity contribution in [2.24, 2.45) is 23.7 Å². The summed E-state index contributed by atoms with van der Waals surface area (Å²) >= 11 is 26.7. The predicted molar refractivity (Wildman–Crippen MR) is 424 cm³/mol. The molecule has 0 fully saturated rings. The molecule has 514 valence electrons. The zero-order valence-electron chi connectivity index (χ0n) is 58.8. The van der Waals surface area contributed by atoms with E-state index in [0.29, 0.717) is 34.7 Å². The normalized spacial score (nSPS) is 13.5. The van der Waals surface area contributed by atoms with E-state index in [-0.39, 0.29) is 11.1 Å². The second-order valence-electron chi connectivity index (χ2n) is 28.0. The molecule has 7 aromatic heterocycles. The third kappa shape index (κ3) is 19.5. The van der Waals surface area contributed by atoms with Gasteiger partial charge in [-0.3, -0.25) is 0 Å². The van der Waals surface area contributed by atoms with Crippen molar-refractivity contribution in [3.05, 3.63) is 88.7 Å². The van der Waals surface area contributed by atoms with Gasteiger partial charge in [0.1, 0.15) is 11.0 Å². The Morgan fingerprint density at radius 2 is 0.819 bits per heavy atom. The molecular formula is C81H110Cl2F2N2S7. The summed E-state index contributed by atoms with van der Waals surface area (Å²) in [6.07, 6.45) is 42.5. The van der Waals surface area contributed by atoms with Crippen LogP contribution in [0.3, 0.4) is 0 Å². The van der Waals surface area contributed by atoms with Crippen LogP contribution in [-0.2, 0) is 25.7 Å². The SMILES string of the molecule is CCCCCCCCCCC(CCCCCCCC)Cc1cc(-c2c(F)c(F)c(-c3cc(CC(C)CCCCCCCC)c(C)s3)c3nsnc23)sc1-c1cc2c(-c3cc(Cl)c(CC(CC)CCCC)s3)c3sc(C)cc3c(-c3cc(Cl)c(CC(CC)CCCC)s3)c2s1. The molecule has 4 unspecified atom stereocenters. The highest BCUT2D eigenvalue weighted by Crippen LogP contribution is 2.57. The number of thiophene rings is 6. The van der Waals surface area contributed by atoms with E-state index in [9.17, 15) is 0 Å². The van der Waals surface area contributed by atoms with Crippen molar-refractivity contribution in [2.45, 2.75) is 294 Å². The van der Waals surface area contributed by atoms with Crippen LogP contribution < -0.4 is 0 Å². The molecule has 0 N–H and O–H groups in total. The van der Waals surface area contributed by atoms with Crippen LogP contribution in [0.15, 0.2) is 36.4 Å². The molecular weight excluding hydrogens is 1330 g/mol. The molecule has 7 heterocycles. The smallest absolute Gasteiger partial charge is 0.170 e. The summed E-state index contributed by atoms with van der Waals surface area (Å²) in [5.74, 6) is 0.492. The number of halogens is 4. The quantitative estimate of drug-likeness (QED) is 0.0356. The van der Waals surface area contributed by atoms with Crippen LogP contribution in [0, 0.1) is 49.2 Å². The van der Waals surface area contributed by atoms with Crippen molar-refractivity contribution in [1.29, 1.82) is 0 Å². The van der Waals surface area contributed by atoms with Crippen molar-refractivity contribution < 1.29 is 8.78 Å². The first-order valence-electron chi connectivity index (χ1n) is 37.2. The lowest BCUT2D eigenvalue weighted by Gasteiger charge is -2.17. The Kier molecular flexibility index (Phi) is 30.8. The lowest BCUT2D eigenvalue weighted by Crippen LogP contribution is -2.05. The molecule has 0 saturated heterocycles. The monoisotopic (exact) mass is 1440 g/mol. The zero-order valence-corrected chi connectivity index (χ0v) is 66.0. The third-order valence-corrected chi connectivity index (χ3v) is 28.8. The highest BCUT2D eigenvalue weighted by atomic mass is 35.5. The Hall–Kier alpha value is -2.58. The molecule has 2 aromatic carbocycles. The molecule has 13 heteroatoms. The average molecular weight is 1450 g/mol. The molecule has 94 heavy (non-hydrogen) atoms. The average Bonchev–Trinajstić information content (AvgIpc) is 1.56. The lowest BCUT2D eigenvalue weighted by molar-refractivity contribution is 0.401. The number of fused-ring (bicyclic) bond motifs is 3. The van der Waals surface area contributed by atoms with Gasteiger partial charge < -0.3 is 0 Å². The van der Waals surface area contributed by atoms with Gasteiger partial charge in [0.2, 0.25) is 0 Å². The number of rotatable bonds is 44. The van der Waals surface area contributed by atoms with Gasteiger partial charge in [0.25, 0.3) is 0 Å². The summed E-state index contributed by atoms with van der Waals surface area (Å²) in [6.45, 7) is 22.9. The molecule has 0 spiro atoms. The van der Waals surface area contributed by atoms with E-state index in [1.807, 2.05) is 45.3 Å². The Morgan fingerprint density at radius 3 is 1.32 bits per heavy atom. The molecule has 0 aliphatic carbocycles. The summed E-state index contributed by atoms with van der Waals surface area (Å²) in [5.41, 5.74) is 6.38. The highest BCUT2D eigenvalue weighted by Gasteiger charge is 2.31. The fourth-order valence-corrected chi connectivity index (χ4v) is 23.3. The van der Waals surface area contributed by atoms with E-state index in [0.717, 1.165) is 79.8 Å². The van der Waals surface area contributed by atoms with Gasteiger partial charge in [-0.2, -0.15) is 8.75 Å². The van der Waals surface area contributed by atoms with Gasteiger partial charge >= 0.3 is 0 Å². The largest absolute Gasteiger partial charge is 0.203 e. The molecule has 0 aliphatic heterocycles. The van der Waals surface area contributed by atoms with Crippen LogP contribution in [0.25, 0.3) is 82.7 Å². The molecule has 9 rings (SSSR count). The number of unbranched alkanes of at least 4 members (excludes halogenated alkanes) is 19. The van der Waals surface area contributed by atoms with Gasteiger partial charge in [-0.25, -0.2) is 8.78 Å². The molecule has 0 saturated carbocycles. The topological polar surface area (TPSA) is 25.8 Å². The van der Waals surface area contributed by atoms with Gasteiger partial charge in [-0.15, -0.1) is 68.0 Å². The van der Waals surface area contributed by atoms with Crippen molar-refractivity contribution in [3.8, 4) is 51.5 Å². The number of nitrogens with zero attached hydrogens (tertiary/aromatic N) is 2. The minimum atomic E-state index is -0.826. The van der Waals surface area contributed by atoms with Crippen LogP contribution in [0.5, 0.6) is 0 Å². The van der Waals surface area contributed by atoms with Crippen LogP contribution >= 0.6 is 103 Å². The van der Waals surface area contributed by atoms with Crippen molar-refractivity contribution >= 4 is 134 Å². The third-order valence-electron chi connectivity index (χ3n) is 20.3. The van der Waals surface area contributed by atoms with Crippen molar-refractivity contribution in [2.75, 3.05) is 0 Å². The van der Waals surface area contributed by atoms with E-state index in [4.69, 9.17) is 31.9 Å². The van der Waals surface area contributed by atoms with E-state index in [2.05, 4.69) is 106 Å². The molecule has 0 radical (unpaired) electrons. The summed E-state index contributed by atoms with van der Waals surface area (Å²) in [6, 6.07) is 13.8. The van der Waals surface area contributed by atoms with Crippen molar-refractivity contribution in [1.82, 2.24) is 8.75 Å². The highest BCUT2D eigenvalue weighted by molar-refractivity contribution is 7.28. The second kappa shape index (κ2) is 38.3. The van der Waals surface area contributed by atoms with Crippen LogP contribution in [0.2, 0.25) is 10.0 Å². The van der Waals surface area contributed by atoms with Crippen LogP contribution in [0.4, 0.5) is 8.78 Å². The molecule has 0 aliphatic rings. The molecule has 0 bridgehead atoms. The summed E-state index contributed by atoms with van der Waals surface area (Å²) in [5, 5.41) is 4.24. The van der Waals surface area contributed by atoms with E-state index in [1.165, 1.54) is 258 Å². The van der Waals surface area contributed by atoms with E-state index in [1.54, 1.807) is 22.7 Å². The van der Waals surface area contributed by atoms with Crippen LogP contribution in [0.1, 0.15) is 285 Å². The number of hydrogen-bond acceptors (Lipinski definition) is 9. The summed E-state index contributed by atoms with van der Waals surface area (Å²) < 4.78 is 48.0. The maximum absolute atomic E-state index is 18.0. The fourth-order valence-electron chi connectivity index (χ4n) is 14.6. The first-order chi connectivity index (χ1) is 45.7. The molecule has 4 atom stereocenters. The zero-order chi connectivity index (χ0) is 66.7. The van der Waals surface area contributed by atoms with Crippen molar-refractivity contribution in [3.63, 3.8) is 0 Å². The lowest BCUT2D eigenvalue weighted by atomic mass is 9.88. The minimum Gasteiger partial charge on any atom is -0.203 e. The van der Waals surface area contributed by atoms with Crippen LogP contribution in [-0.4, -0.2) is 8.75 Å². The fraction of sp³-hybridized carbons (Fsp3) is 0.605. The molecule has 9 aromatic rings. The Morgan fingerprint density at radius 1 is 0.394 bits per heavy atom.